The summed E-state index contributed by atoms with van der Waals surface area (Å²) in [5, 5.41) is 9.45. The number of benzene rings is 1. The molecule has 0 aliphatic heterocycles. The third kappa shape index (κ3) is 3.75. The zero-order valence-corrected chi connectivity index (χ0v) is 18.5. The van der Waals surface area contributed by atoms with Crippen molar-refractivity contribution in [3.8, 4) is 0 Å². The summed E-state index contributed by atoms with van der Waals surface area (Å²) in [7, 11) is 15.2. The van der Waals surface area contributed by atoms with Crippen molar-refractivity contribution in [2.24, 2.45) is 0 Å². The molecule has 1 aromatic carbocycles. The fraction of sp³-hybridized carbons (Fsp3) is 0.500. The van der Waals surface area contributed by atoms with Gasteiger partial charge in [-0.2, -0.15) is 0 Å². The van der Waals surface area contributed by atoms with Crippen LogP contribution in [0.3, 0.4) is 0 Å². The molecule has 0 radical (unpaired) electrons. The van der Waals surface area contributed by atoms with E-state index in [2.05, 4.69) is 52.5 Å². The van der Waals surface area contributed by atoms with Gasteiger partial charge in [0, 0.05) is 0 Å². The maximum atomic E-state index is 9.45. The molecule has 1 aliphatic carbocycles. The molecule has 2 nitrogen and oxygen atoms in total. The van der Waals surface area contributed by atoms with Crippen LogP contribution < -0.4 is 3.26 Å². The Morgan fingerprint density at radius 2 is 1.87 bits per heavy atom. The van der Waals surface area contributed by atoms with Crippen molar-refractivity contribution in [3.63, 3.8) is 0 Å². The van der Waals surface area contributed by atoms with Crippen LogP contribution in [0.1, 0.15) is 41.9 Å². The maximum absolute atomic E-state index is 9.45. The van der Waals surface area contributed by atoms with Gasteiger partial charge in [-0.3, -0.25) is 0 Å². The van der Waals surface area contributed by atoms with Gasteiger partial charge in [0.15, 0.2) is 0 Å². The molecule has 0 saturated heterocycles. The summed E-state index contributed by atoms with van der Waals surface area (Å²) in [6, 6.07) is 8.17. The fourth-order valence-electron chi connectivity index (χ4n) is 4.58. The van der Waals surface area contributed by atoms with E-state index in [1.54, 1.807) is 0 Å². The number of halogens is 2. The second-order valence-electron chi connectivity index (χ2n) is 9.46. The first kappa shape index (κ1) is 19.5. The Morgan fingerprint density at radius 1 is 1.26 bits per heavy atom. The number of hydrogen-bond acceptors (Lipinski definition) is 2. The Bertz CT molecular complexity index is 781. The second kappa shape index (κ2) is 4.68. The first-order chi connectivity index (χ1) is 10.1. The first-order valence-electron chi connectivity index (χ1n) is 8.26. The van der Waals surface area contributed by atoms with E-state index in [0.29, 0.717) is 10.5 Å². The Balaban J connectivity index is 2.76. The summed E-state index contributed by atoms with van der Waals surface area (Å²) in [6.07, 6.45) is 4.69. The van der Waals surface area contributed by atoms with Gasteiger partial charge in [0.2, 0.25) is 0 Å². The third-order valence-electron chi connectivity index (χ3n) is 5.00. The average molecular weight is 438 g/mol. The van der Waals surface area contributed by atoms with Crippen LogP contribution in [-0.2, 0) is 13.2 Å². The number of aliphatic hydroxyl groups is 1. The quantitative estimate of drug-likeness (QED) is 0.646. The van der Waals surface area contributed by atoms with Crippen LogP contribution in [0.4, 0.5) is 0 Å². The number of rotatable bonds is 5. The summed E-state index contributed by atoms with van der Waals surface area (Å²) >= 11 is -5.74. The van der Waals surface area contributed by atoms with E-state index in [-0.39, 0.29) is 15.8 Å². The van der Waals surface area contributed by atoms with Crippen LogP contribution in [0.2, 0.25) is 8.76 Å². The molecule has 0 fully saturated rings. The van der Waals surface area contributed by atoms with Crippen LogP contribution >= 0.6 is 17.0 Å². The molecule has 0 heterocycles. The number of allylic oxidation sites excluding steroid dienone is 1. The topological polar surface area (TPSA) is 32.3 Å². The molecule has 0 bridgehead atoms. The van der Waals surface area contributed by atoms with Crippen LogP contribution in [0.25, 0.3) is 6.08 Å². The Labute approximate surface area is 141 Å². The van der Waals surface area contributed by atoms with Crippen LogP contribution in [-0.4, -0.2) is 21.5 Å². The summed E-state index contributed by atoms with van der Waals surface area (Å²) in [4.78, 5) is 0. The zero-order chi connectivity index (χ0) is 17.7. The van der Waals surface area contributed by atoms with Gasteiger partial charge < -0.3 is 0 Å². The van der Waals surface area contributed by atoms with Crippen LogP contribution in [0.15, 0.2) is 30.3 Å². The Kier molecular flexibility index (Phi) is 3.98. The molecule has 1 aromatic rings. The zero-order valence-electron chi connectivity index (χ0n) is 14.6. The molecule has 2 rings (SSSR count). The predicted molar refractivity (Wildman–Crippen MR) is 102 cm³/mol. The first-order valence-corrected chi connectivity index (χ1v) is 23.2. The number of hydrogen-bond donors (Lipinski definition) is 2. The van der Waals surface area contributed by atoms with Crippen molar-refractivity contribution in [1.82, 2.24) is 3.26 Å². The Hall–Kier alpha value is 0.213. The van der Waals surface area contributed by atoms with Crippen LogP contribution in [0, 0.1) is 0 Å². The van der Waals surface area contributed by atoms with Crippen molar-refractivity contribution < 1.29 is 18.3 Å². The van der Waals surface area contributed by atoms with E-state index in [1.807, 2.05) is 16.8 Å². The fourth-order valence-corrected chi connectivity index (χ4v) is 29.0. The molecule has 0 amide bonds. The van der Waals surface area contributed by atoms with Crippen molar-refractivity contribution in [3.05, 3.63) is 41.5 Å². The molecule has 2 N–H and O–H groups in total. The normalized spacial score (nSPS) is 22.7. The Morgan fingerprint density at radius 3 is 2.43 bits per heavy atom. The van der Waals surface area contributed by atoms with Gasteiger partial charge in [-0.1, -0.05) is 0 Å². The molecule has 0 aromatic heterocycles. The van der Waals surface area contributed by atoms with Crippen molar-refractivity contribution >= 4 is 27.3 Å². The van der Waals surface area contributed by atoms with Crippen molar-refractivity contribution in [2.45, 2.75) is 45.1 Å². The molecule has 23 heavy (non-hydrogen) atoms. The van der Waals surface area contributed by atoms with Gasteiger partial charge in [-0.25, -0.2) is 0 Å². The summed E-state index contributed by atoms with van der Waals surface area (Å²) in [5.74, 6) is 0. The molecule has 5 heteroatoms. The summed E-state index contributed by atoms with van der Waals surface area (Å²) in [6.45, 7) is 6.22. The summed E-state index contributed by atoms with van der Waals surface area (Å²) < 4.78 is 10.5. The van der Waals surface area contributed by atoms with Gasteiger partial charge in [0.1, 0.15) is 0 Å². The van der Waals surface area contributed by atoms with Gasteiger partial charge in [0.25, 0.3) is 0 Å². The molecular formula is C18H29Cl2NOZr. The van der Waals surface area contributed by atoms with Crippen LogP contribution in [0.5, 0.6) is 0 Å². The molecule has 0 saturated carbocycles. The molecule has 1 unspecified atom stereocenters. The second-order valence-corrected chi connectivity index (χ2v) is 50.5. The number of fused-ring (bicyclic) bond motifs is 1. The standard InChI is InChI=1S/C9H7.C4H10N.C3H7O.CH3.CH2.2ClH.Zr/c1-2-5-9-7-3-6-8(9)4-1;1-4(2,3)5;1-2-3-4;;;;;/h1-7H;5H,1-3H3;4H,1-3H2;1H3;1H2;2*1H;/q;-1;;;;;;+3/p-2. The van der Waals surface area contributed by atoms with E-state index in [0.717, 1.165) is 11.1 Å². The van der Waals surface area contributed by atoms with E-state index in [9.17, 15) is 5.11 Å². The third-order valence-corrected chi connectivity index (χ3v) is 27.4. The molecule has 1 atom stereocenters. The van der Waals surface area contributed by atoms with Crippen molar-refractivity contribution in [2.75, 3.05) is 6.61 Å². The average Bonchev–Trinajstić information content (AvgIpc) is 2.79. The van der Waals surface area contributed by atoms with Gasteiger partial charge >= 0.3 is 142 Å². The number of nitrogens with one attached hydrogen (secondary N) is 1. The van der Waals surface area contributed by atoms with E-state index < -0.39 is 13.2 Å². The van der Waals surface area contributed by atoms with E-state index in [4.69, 9.17) is 17.0 Å². The monoisotopic (exact) mass is 435 g/mol. The molecule has 0 spiro atoms. The van der Waals surface area contributed by atoms with Crippen molar-refractivity contribution in [1.29, 1.82) is 0 Å². The molecule has 130 valence electrons. The SMILES string of the molecule is [CH2]=[Zr]([CH3])([Cl])([Cl])([CH2]CCO)([NH]C(C)(C)C)[CH]1C=Cc2ccccc21. The predicted octanol–water partition coefficient (Wildman–Crippen LogP) is 5.41. The van der Waals surface area contributed by atoms with E-state index >= 15 is 0 Å². The minimum atomic E-state index is -5.74. The molecular weight excluding hydrogens is 408 g/mol. The van der Waals surface area contributed by atoms with E-state index in [1.165, 1.54) is 0 Å². The number of aliphatic hydroxyl groups excluding tert-OH is 1. The van der Waals surface area contributed by atoms with Gasteiger partial charge in [0.05, 0.1) is 0 Å². The van der Waals surface area contributed by atoms with Gasteiger partial charge in [-0.15, -0.1) is 0 Å². The molecule has 1 aliphatic rings. The summed E-state index contributed by atoms with van der Waals surface area (Å²) in [5.41, 5.74) is 1.95. The van der Waals surface area contributed by atoms with Gasteiger partial charge in [-0.05, 0) is 0 Å². The minimum absolute atomic E-state index is 0.0441.